The number of hydrogen-bond acceptors (Lipinski definition) is 5. The minimum Gasteiger partial charge on any atom is -0.493 e. The average molecular weight is 367 g/mol. The minimum atomic E-state index is -0.495. The van der Waals surface area contributed by atoms with E-state index in [-0.39, 0.29) is 5.69 Å². The molecule has 0 radical (unpaired) electrons. The van der Waals surface area contributed by atoms with Crippen molar-refractivity contribution in [3.8, 4) is 11.5 Å². The fourth-order valence-corrected chi connectivity index (χ4v) is 2.42. The zero-order chi connectivity index (χ0) is 19.2. The summed E-state index contributed by atoms with van der Waals surface area (Å²) in [6, 6.07) is 14.6. The van der Waals surface area contributed by atoms with E-state index >= 15 is 0 Å². The molecule has 1 heterocycles. The van der Waals surface area contributed by atoms with Crippen molar-refractivity contribution in [1.82, 2.24) is 4.98 Å². The highest BCUT2D eigenvalue weighted by Crippen LogP contribution is 2.30. The lowest BCUT2D eigenvalue weighted by Crippen LogP contribution is -2.13. The van der Waals surface area contributed by atoms with Gasteiger partial charge in [-0.3, -0.25) is 4.79 Å². The van der Waals surface area contributed by atoms with E-state index in [0.717, 1.165) is 5.69 Å². The van der Waals surface area contributed by atoms with Crippen LogP contribution in [0.15, 0.2) is 60.8 Å². The summed E-state index contributed by atoms with van der Waals surface area (Å²) < 4.78 is 24.1. The van der Waals surface area contributed by atoms with Gasteiger partial charge in [0.2, 0.25) is 0 Å². The third kappa shape index (κ3) is 4.33. The first-order chi connectivity index (χ1) is 13.1. The average Bonchev–Trinajstić information content (AvgIpc) is 2.70. The molecule has 0 atom stereocenters. The molecule has 0 spiro atoms. The number of amides is 1. The van der Waals surface area contributed by atoms with Crippen molar-refractivity contribution < 1.29 is 18.7 Å². The van der Waals surface area contributed by atoms with Crippen molar-refractivity contribution in [2.24, 2.45) is 0 Å². The molecule has 2 aromatic carbocycles. The maximum Gasteiger partial charge on any atom is 0.257 e. The Labute approximate surface area is 156 Å². The van der Waals surface area contributed by atoms with Crippen LogP contribution in [0.3, 0.4) is 0 Å². The normalized spacial score (nSPS) is 10.2. The SMILES string of the molecule is COc1ccc(Nc2ccc(C(=O)Nc3ccccc3F)cn2)cc1OC. The Bertz CT molecular complexity index is 945. The van der Waals surface area contributed by atoms with Crippen molar-refractivity contribution in [3.05, 3.63) is 72.2 Å². The molecule has 6 nitrogen and oxygen atoms in total. The van der Waals surface area contributed by atoms with Gasteiger partial charge in [0, 0.05) is 18.0 Å². The van der Waals surface area contributed by atoms with E-state index in [0.29, 0.717) is 22.9 Å². The summed E-state index contributed by atoms with van der Waals surface area (Å²) >= 11 is 0. The Kier molecular flexibility index (Phi) is 5.51. The number of halogens is 1. The summed E-state index contributed by atoms with van der Waals surface area (Å²) in [6.45, 7) is 0. The lowest BCUT2D eigenvalue weighted by atomic mass is 10.2. The smallest absolute Gasteiger partial charge is 0.257 e. The number of nitrogens with one attached hydrogen (secondary N) is 2. The van der Waals surface area contributed by atoms with Gasteiger partial charge in [0.05, 0.1) is 25.5 Å². The maximum atomic E-state index is 13.6. The van der Waals surface area contributed by atoms with E-state index in [2.05, 4.69) is 15.6 Å². The van der Waals surface area contributed by atoms with Gasteiger partial charge in [-0.05, 0) is 36.4 Å². The Morgan fingerprint density at radius 2 is 1.78 bits per heavy atom. The van der Waals surface area contributed by atoms with Crippen LogP contribution in [0, 0.1) is 5.82 Å². The molecule has 1 amide bonds. The summed E-state index contributed by atoms with van der Waals surface area (Å²) in [7, 11) is 3.13. The zero-order valence-corrected chi connectivity index (χ0v) is 14.8. The number of rotatable bonds is 6. The number of methoxy groups -OCH3 is 2. The second-order valence-electron chi connectivity index (χ2n) is 5.56. The molecule has 0 saturated carbocycles. The number of benzene rings is 2. The van der Waals surface area contributed by atoms with Gasteiger partial charge in [0.1, 0.15) is 11.6 Å². The highest BCUT2D eigenvalue weighted by atomic mass is 19.1. The van der Waals surface area contributed by atoms with Gasteiger partial charge in [0.25, 0.3) is 5.91 Å². The highest BCUT2D eigenvalue weighted by molar-refractivity contribution is 6.04. The quantitative estimate of drug-likeness (QED) is 0.682. The molecule has 3 aromatic rings. The summed E-state index contributed by atoms with van der Waals surface area (Å²) in [5.41, 5.74) is 1.19. The minimum absolute atomic E-state index is 0.120. The monoisotopic (exact) mass is 367 g/mol. The molecule has 0 unspecified atom stereocenters. The topological polar surface area (TPSA) is 72.5 Å². The third-order valence-electron chi connectivity index (χ3n) is 3.80. The van der Waals surface area contributed by atoms with Crippen LogP contribution < -0.4 is 20.1 Å². The van der Waals surface area contributed by atoms with Gasteiger partial charge in [-0.2, -0.15) is 0 Å². The van der Waals surface area contributed by atoms with Crippen LogP contribution in [0.1, 0.15) is 10.4 Å². The third-order valence-corrected chi connectivity index (χ3v) is 3.80. The van der Waals surface area contributed by atoms with Gasteiger partial charge >= 0.3 is 0 Å². The first-order valence-corrected chi connectivity index (χ1v) is 8.11. The molecule has 0 aliphatic heterocycles. The lowest BCUT2D eigenvalue weighted by Gasteiger charge is -2.11. The van der Waals surface area contributed by atoms with Crippen LogP contribution in [0.5, 0.6) is 11.5 Å². The fraction of sp³-hybridized carbons (Fsp3) is 0.100. The van der Waals surface area contributed by atoms with Gasteiger partial charge in [-0.25, -0.2) is 9.37 Å². The van der Waals surface area contributed by atoms with E-state index in [1.165, 1.54) is 18.3 Å². The van der Waals surface area contributed by atoms with Crippen molar-refractivity contribution in [2.45, 2.75) is 0 Å². The molecule has 0 saturated heterocycles. The molecular formula is C20H18FN3O3. The number of carbonyl (C=O) groups is 1. The highest BCUT2D eigenvalue weighted by Gasteiger charge is 2.10. The van der Waals surface area contributed by atoms with Crippen LogP contribution in [-0.2, 0) is 0 Å². The zero-order valence-electron chi connectivity index (χ0n) is 14.8. The maximum absolute atomic E-state index is 13.6. The molecule has 0 aliphatic rings. The molecule has 138 valence electrons. The second kappa shape index (κ2) is 8.18. The summed E-state index contributed by atoms with van der Waals surface area (Å²) in [6.07, 6.45) is 1.42. The molecular weight excluding hydrogens is 349 g/mol. The van der Waals surface area contributed by atoms with Gasteiger partial charge in [0.15, 0.2) is 11.5 Å². The Morgan fingerprint density at radius 3 is 2.44 bits per heavy atom. The number of aromatic nitrogens is 1. The first-order valence-electron chi connectivity index (χ1n) is 8.11. The van der Waals surface area contributed by atoms with E-state index in [1.807, 2.05) is 6.07 Å². The lowest BCUT2D eigenvalue weighted by molar-refractivity contribution is 0.102. The number of anilines is 3. The molecule has 0 bridgehead atoms. The van der Waals surface area contributed by atoms with Crippen LogP contribution >= 0.6 is 0 Å². The molecule has 2 N–H and O–H groups in total. The Balaban J connectivity index is 1.70. The van der Waals surface area contributed by atoms with E-state index in [4.69, 9.17) is 9.47 Å². The molecule has 0 fully saturated rings. The second-order valence-corrected chi connectivity index (χ2v) is 5.56. The Morgan fingerprint density at radius 1 is 1.00 bits per heavy atom. The van der Waals surface area contributed by atoms with E-state index < -0.39 is 11.7 Å². The van der Waals surface area contributed by atoms with Crippen molar-refractivity contribution >= 4 is 23.1 Å². The number of nitrogens with zero attached hydrogens (tertiary/aromatic N) is 1. The predicted octanol–water partition coefficient (Wildman–Crippen LogP) is 4.23. The number of hydrogen-bond donors (Lipinski definition) is 2. The van der Waals surface area contributed by atoms with Crippen molar-refractivity contribution in [2.75, 3.05) is 24.9 Å². The molecule has 3 rings (SSSR count). The summed E-state index contributed by atoms with van der Waals surface area (Å²) in [4.78, 5) is 16.4. The van der Waals surface area contributed by atoms with E-state index in [1.54, 1.807) is 50.6 Å². The largest absolute Gasteiger partial charge is 0.493 e. The summed E-state index contributed by atoms with van der Waals surface area (Å²) in [5, 5.41) is 5.64. The van der Waals surface area contributed by atoms with Crippen molar-refractivity contribution in [1.29, 1.82) is 0 Å². The van der Waals surface area contributed by atoms with E-state index in [9.17, 15) is 9.18 Å². The molecule has 7 heteroatoms. The van der Waals surface area contributed by atoms with Gasteiger partial charge in [-0.1, -0.05) is 12.1 Å². The molecule has 0 aliphatic carbocycles. The predicted molar refractivity (Wildman–Crippen MR) is 101 cm³/mol. The first kappa shape index (κ1) is 18.2. The van der Waals surface area contributed by atoms with Gasteiger partial charge in [-0.15, -0.1) is 0 Å². The van der Waals surface area contributed by atoms with Crippen molar-refractivity contribution in [3.63, 3.8) is 0 Å². The number of para-hydroxylation sites is 1. The standard InChI is InChI=1S/C20H18FN3O3/c1-26-17-9-8-14(11-18(17)27-2)23-19-10-7-13(12-22-19)20(25)24-16-6-4-3-5-15(16)21/h3-12H,1-2H3,(H,22,23)(H,24,25). The Hall–Kier alpha value is -3.61. The van der Waals surface area contributed by atoms with Crippen LogP contribution in [0.4, 0.5) is 21.6 Å². The number of carbonyl (C=O) groups excluding carboxylic acids is 1. The van der Waals surface area contributed by atoms with Crippen LogP contribution in [-0.4, -0.2) is 25.1 Å². The summed E-state index contributed by atoms with van der Waals surface area (Å²) in [5.74, 6) is 0.819. The van der Waals surface area contributed by atoms with Gasteiger partial charge < -0.3 is 20.1 Å². The number of pyridine rings is 1. The molecule has 1 aromatic heterocycles. The van der Waals surface area contributed by atoms with Crippen LogP contribution in [0.25, 0.3) is 0 Å². The number of ether oxygens (including phenoxy) is 2. The molecule has 27 heavy (non-hydrogen) atoms. The fourth-order valence-electron chi connectivity index (χ4n) is 2.42. The van der Waals surface area contributed by atoms with Crippen LogP contribution in [0.2, 0.25) is 0 Å².